The lowest BCUT2D eigenvalue weighted by molar-refractivity contribution is -0.124. The summed E-state index contributed by atoms with van der Waals surface area (Å²) in [7, 11) is 0. The second-order valence-corrected chi connectivity index (χ2v) is 7.02. The van der Waals surface area contributed by atoms with E-state index < -0.39 is 0 Å². The SMILES string of the molecule is CCCNc1nc(Nc2cccc(F)c2)ncc1C#CCCCNC(=O)[C@H](C)CC. The summed E-state index contributed by atoms with van der Waals surface area (Å²) in [6, 6.07) is 6.14. The minimum atomic E-state index is -0.327. The average molecular weight is 412 g/mol. The number of hydrogen-bond acceptors (Lipinski definition) is 5. The van der Waals surface area contributed by atoms with E-state index in [0.29, 0.717) is 36.0 Å². The fourth-order valence-corrected chi connectivity index (χ4v) is 2.51. The molecule has 0 saturated heterocycles. The summed E-state index contributed by atoms with van der Waals surface area (Å²) in [6.45, 7) is 7.37. The van der Waals surface area contributed by atoms with Crippen LogP contribution in [0.4, 0.5) is 21.8 Å². The van der Waals surface area contributed by atoms with Crippen molar-refractivity contribution in [2.24, 2.45) is 5.92 Å². The third-order valence-corrected chi connectivity index (χ3v) is 4.47. The Balaban J connectivity index is 1.98. The summed E-state index contributed by atoms with van der Waals surface area (Å²) in [6.07, 6.45) is 4.89. The number of carbonyl (C=O) groups is 1. The number of unbranched alkanes of at least 4 members (excludes halogenated alkanes) is 1. The normalized spacial score (nSPS) is 11.2. The van der Waals surface area contributed by atoms with E-state index in [2.05, 4.69) is 44.7 Å². The van der Waals surface area contributed by atoms with Crippen LogP contribution < -0.4 is 16.0 Å². The van der Waals surface area contributed by atoms with Gasteiger partial charge in [0, 0.05) is 31.1 Å². The second kappa shape index (κ2) is 12.4. The lowest BCUT2D eigenvalue weighted by Gasteiger charge is -2.10. The largest absolute Gasteiger partial charge is 0.369 e. The number of carbonyl (C=O) groups excluding carboxylic acids is 1. The number of anilines is 3. The van der Waals surface area contributed by atoms with Gasteiger partial charge in [0.15, 0.2) is 0 Å². The highest BCUT2D eigenvalue weighted by Crippen LogP contribution is 2.18. The highest BCUT2D eigenvalue weighted by molar-refractivity contribution is 5.78. The van der Waals surface area contributed by atoms with E-state index in [0.717, 1.165) is 25.8 Å². The first-order valence-corrected chi connectivity index (χ1v) is 10.4. The first-order chi connectivity index (χ1) is 14.5. The van der Waals surface area contributed by atoms with Crippen molar-refractivity contribution in [3.63, 3.8) is 0 Å². The third-order valence-electron chi connectivity index (χ3n) is 4.47. The zero-order chi connectivity index (χ0) is 21.8. The molecule has 1 heterocycles. The van der Waals surface area contributed by atoms with Crippen molar-refractivity contribution in [2.45, 2.75) is 46.5 Å². The maximum atomic E-state index is 13.4. The Morgan fingerprint density at radius 3 is 2.83 bits per heavy atom. The van der Waals surface area contributed by atoms with E-state index in [4.69, 9.17) is 0 Å². The number of aromatic nitrogens is 2. The van der Waals surface area contributed by atoms with Gasteiger partial charge >= 0.3 is 0 Å². The van der Waals surface area contributed by atoms with Crippen LogP contribution in [0, 0.1) is 23.6 Å². The molecule has 0 aliphatic carbocycles. The highest BCUT2D eigenvalue weighted by atomic mass is 19.1. The maximum Gasteiger partial charge on any atom is 0.229 e. The van der Waals surface area contributed by atoms with Crippen LogP contribution in [0.25, 0.3) is 0 Å². The van der Waals surface area contributed by atoms with Gasteiger partial charge in [0.05, 0.1) is 11.8 Å². The van der Waals surface area contributed by atoms with Crippen molar-refractivity contribution in [1.82, 2.24) is 15.3 Å². The van der Waals surface area contributed by atoms with Gasteiger partial charge in [0.25, 0.3) is 0 Å². The number of rotatable bonds is 10. The number of benzene rings is 1. The number of halogens is 1. The van der Waals surface area contributed by atoms with E-state index in [1.807, 2.05) is 13.8 Å². The topological polar surface area (TPSA) is 78.9 Å². The molecular formula is C23H30FN5O. The molecule has 0 aliphatic rings. The van der Waals surface area contributed by atoms with Gasteiger partial charge in [-0.15, -0.1) is 0 Å². The molecule has 160 valence electrons. The van der Waals surface area contributed by atoms with Crippen molar-refractivity contribution in [2.75, 3.05) is 23.7 Å². The molecule has 3 N–H and O–H groups in total. The van der Waals surface area contributed by atoms with Crippen LogP contribution in [0.5, 0.6) is 0 Å². The van der Waals surface area contributed by atoms with E-state index in [1.54, 1.807) is 18.3 Å². The third kappa shape index (κ3) is 7.70. The van der Waals surface area contributed by atoms with Crippen LogP contribution in [-0.2, 0) is 4.79 Å². The Morgan fingerprint density at radius 2 is 2.10 bits per heavy atom. The molecule has 0 bridgehead atoms. The van der Waals surface area contributed by atoms with Crippen LogP contribution in [0.15, 0.2) is 30.5 Å². The van der Waals surface area contributed by atoms with Crippen molar-refractivity contribution in [1.29, 1.82) is 0 Å². The number of amides is 1. The van der Waals surface area contributed by atoms with Crippen molar-refractivity contribution < 1.29 is 9.18 Å². The molecule has 1 aromatic heterocycles. The van der Waals surface area contributed by atoms with Crippen LogP contribution in [0.1, 0.15) is 52.0 Å². The molecule has 2 aromatic rings. The first-order valence-electron chi connectivity index (χ1n) is 10.4. The smallest absolute Gasteiger partial charge is 0.229 e. The van der Waals surface area contributed by atoms with Gasteiger partial charge in [-0.05, 0) is 37.5 Å². The molecule has 0 fully saturated rings. The number of nitrogens with zero attached hydrogens (tertiary/aromatic N) is 2. The van der Waals surface area contributed by atoms with Crippen molar-refractivity contribution in [3.8, 4) is 11.8 Å². The standard InChI is InChI=1S/C23H30FN5O/c1-4-13-25-21-18(10-7-6-8-14-26-22(30)17(3)5-2)16-27-23(29-21)28-20-12-9-11-19(24)15-20/h9,11-12,15-17H,4-6,8,13-14H2,1-3H3,(H,26,30)(H2,25,27,28,29)/t17-/m1/s1. The Kier molecular flexibility index (Phi) is 9.59. The van der Waals surface area contributed by atoms with E-state index in [1.165, 1.54) is 12.1 Å². The zero-order valence-corrected chi connectivity index (χ0v) is 17.9. The second-order valence-electron chi connectivity index (χ2n) is 7.02. The highest BCUT2D eigenvalue weighted by Gasteiger charge is 2.09. The lowest BCUT2D eigenvalue weighted by Crippen LogP contribution is -2.29. The molecule has 2 rings (SSSR count). The van der Waals surface area contributed by atoms with Gasteiger partial charge in [-0.2, -0.15) is 4.98 Å². The fraction of sp³-hybridized carbons (Fsp3) is 0.435. The van der Waals surface area contributed by atoms with Crippen LogP contribution in [-0.4, -0.2) is 29.0 Å². The monoisotopic (exact) mass is 411 g/mol. The van der Waals surface area contributed by atoms with Gasteiger partial charge in [-0.1, -0.05) is 38.7 Å². The summed E-state index contributed by atoms with van der Waals surface area (Å²) in [5.74, 6) is 7.05. The number of nitrogens with one attached hydrogen (secondary N) is 3. The Labute approximate surface area is 178 Å². The summed E-state index contributed by atoms with van der Waals surface area (Å²) in [5, 5.41) is 9.20. The summed E-state index contributed by atoms with van der Waals surface area (Å²) < 4.78 is 13.4. The zero-order valence-electron chi connectivity index (χ0n) is 17.9. The molecule has 1 amide bonds. The van der Waals surface area contributed by atoms with E-state index >= 15 is 0 Å². The average Bonchev–Trinajstić information content (AvgIpc) is 2.74. The molecule has 0 aliphatic heterocycles. The quantitative estimate of drug-likeness (QED) is 0.397. The Morgan fingerprint density at radius 1 is 1.27 bits per heavy atom. The molecule has 7 heteroatoms. The minimum Gasteiger partial charge on any atom is -0.369 e. The molecule has 1 aromatic carbocycles. The lowest BCUT2D eigenvalue weighted by atomic mass is 10.1. The van der Waals surface area contributed by atoms with Gasteiger partial charge in [0.1, 0.15) is 11.6 Å². The summed E-state index contributed by atoms with van der Waals surface area (Å²) >= 11 is 0. The molecule has 0 radical (unpaired) electrons. The summed E-state index contributed by atoms with van der Waals surface area (Å²) in [4.78, 5) is 20.5. The van der Waals surface area contributed by atoms with E-state index in [9.17, 15) is 9.18 Å². The molecule has 0 unspecified atom stereocenters. The van der Waals surface area contributed by atoms with Crippen LogP contribution in [0.2, 0.25) is 0 Å². The minimum absolute atomic E-state index is 0.0416. The van der Waals surface area contributed by atoms with E-state index in [-0.39, 0.29) is 17.6 Å². The van der Waals surface area contributed by atoms with Crippen LogP contribution in [0.3, 0.4) is 0 Å². The Bertz CT molecular complexity index is 891. The van der Waals surface area contributed by atoms with Gasteiger partial charge < -0.3 is 16.0 Å². The first kappa shape index (κ1) is 23.1. The molecule has 30 heavy (non-hydrogen) atoms. The van der Waals surface area contributed by atoms with Crippen molar-refractivity contribution in [3.05, 3.63) is 41.8 Å². The van der Waals surface area contributed by atoms with Gasteiger partial charge in [-0.3, -0.25) is 4.79 Å². The molecular weight excluding hydrogens is 381 g/mol. The Hall–Kier alpha value is -3.14. The summed E-state index contributed by atoms with van der Waals surface area (Å²) in [5.41, 5.74) is 1.28. The predicted octanol–water partition coefficient (Wildman–Crippen LogP) is 4.48. The van der Waals surface area contributed by atoms with Crippen molar-refractivity contribution >= 4 is 23.4 Å². The van der Waals surface area contributed by atoms with Gasteiger partial charge in [0.2, 0.25) is 11.9 Å². The van der Waals surface area contributed by atoms with Crippen LogP contribution >= 0.6 is 0 Å². The molecule has 1 atom stereocenters. The van der Waals surface area contributed by atoms with Gasteiger partial charge in [-0.25, -0.2) is 9.37 Å². The predicted molar refractivity (Wildman–Crippen MR) is 119 cm³/mol. The molecule has 0 saturated carbocycles. The molecule has 6 nitrogen and oxygen atoms in total. The number of hydrogen-bond donors (Lipinski definition) is 3. The maximum absolute atomic E-state index is 13.4. The fourth-order valence-electron chi connectivity index (χ4n) is 2.51. The molecule has 0 spiro atoms.